The summed E-state index contributed by atoms with van der Waals surface area (Å²) in [5.41, 5.74) is 1.77. The van der Waals surface area contributed by atoms with Crippen molar-refractivity contribution in [3.05, 3.63) is 11.6 Å². The van der Waals surface area contributed by atoms with Gasteiger partial charge in [0.2, 0.25) is 0 Å². The van der Waals surface area contributed by atoms with Gasteiger partial charge in [-0.05, 0) is 19.3 Å². The number of hydrogen-bond donors (Lipinski definition) is 0. The van der Waals surface area contributed by atoms with Crippen LogP contribution in [0, 0.1) is 11.3 Å². The molecule has 0 saturated heterocycles. The van der Waals surface area contributed by atoms with E-state index in [0.717, 1.165) is 6.54 Å². The summed E-state index contributed by atoms with van der Waals surface area (Å²) < 4.78 is 0. The predicted octanol–water partition coefficient (Wildman–Crippen LogP) is 3.46. The fourth-order valence-electron chi connectivity index (χ4n) is 2.30. The largest absolute Gasteiger partial charge is 0.292 e. The van der Waals surface area contributed by atoms with E-state index < -0.39 is 0 Å². The van der Waals surface area contributed by atoms with E-state index in [1.54, 1.807) is 0 Å². The van der Waals surface area contributed by atoms with Crippen molar-refractivity contribution in [1.82, 2.24) is 0 Å². The minimum Gasteiger partial charge on any atom is -0.292 e. The third kappa shape index (κ3) is 1.70. The minimum absolute atomic E-state index is 0.257. The lowest BCUT2D eigenvalue weighted by atomic mass is 9.68. The third-order valence-electron chi connectivity index (χ3n) is 3.64. The number of allylic oxidation sites excluding steroid dienone is 1. The van der Waals surface area contributed by atoms with Gasteiger partial charge in [-0.15, -0.1) is 0 Å². The molecule has 74 valence electrons. The molecule has 1 aliphatic heterocycles. The molecule has 1 heteroatoms. The van der Waals surface area contributed by atoms with Gasteiger partial charge in [-0.25, -0.2) is 0 Å². The topological polar surface area (TPSA) is 12.4 Å². The van der Waals surface area contributed by atoms with Gasteiger partial charge in [0.05, 0.1) is 6.54 Å². The highest BCUT2D eigenvalue weighted by molar-refractivity contribution is 5.72. The average Bonchev–Trinajstić information content (AvgIpc) is 2.18. The minimum atomic E-state index is 0.257. The summed E-state index contributed by atoms with van der Waals surface area (Å²) in [5.74, 6) is 0.706. The molecule has 2 unspecified atom stereocenters. The van der Waals surface area contributed by atoms with Crippen molar-refractivity contribution in [2.24, 2.45) is 16.3 Å². The Balaban J connectivity index is 2.96. The van der Waals surface area contributed by atoms with Crippen LogP contribution in [0.5, 0.6) is 0 Å². The van der Waals surface area contributed by atoms with Crippen LogP contribution in [0.3, 0.4) is 0 Å². The highest BCUT2D eigenvalue weighted by Gasteiger charge is 2.34. The first kappa shape index (κ1) is 10.5. The molecule has 0 aromatic heterocycles. The number of aliphatic imine (C=N–C) groups is 1. The molecule has 0 saturated carbocycles. The first-order chi connectivity index (χ1) is 6.17. The maximum Gasteiger partial charge on any atom is 0.0569 e. The second-order valence-electron chi connectivity index (χ2n) is 4.08. The van der Waals surface area contributed by atoms with Crippen LogP contribution in [0.4, 0.5) is 0 Å². The van der Waals surface area contributed by atoms with Crippen LogP contribution < -0.4 is 0 Å². The average molecular weight is 179 g/mol. The summed E-state index contributed by atoms with van der Waals surface area (Å²) in [6, 6.07) is 0. The summed E-state index contributed by atoms with van der Waals surface area (Å²) in [7, 11) is 0. The maximum atomic E-state index is 4.42. The van der Waals surface area contributed by atoms with E-state index in [1.807, 2.05) is 0 Å². The molecule has 0 aliphatic carbocycles. The van der Waals surface area contributed by atoms with Crippen LogP contribution in [-0.4, -0.2) is 12.8 Å². The van der Waals surface area contributed by atoms with Gasteiger partial charge in [0.1, 0.15) is 0 Å². The molecule has 0 aromatic rings. The summed E-state index contributed by atoms with van der Waals surface area (Å²) in [5, 5.41) is 0. The van der Waals surface area contributed by atoms with Gasteiger partial charge in [0, 0.05) is 11.6 Å². The standard InChI is InChI=1S/C12H21N/c1-5-10(3)12(6-2)9-13-8-7-11(12)4/h7,9-10H,5-6,8H2,1-4H3. The summed E-state index contributed by atoms with van der Waals surface area (Å²) >= 11 is 0. The van der Waals surface area contributed by atoms with Crippen LogP contribution in [0.1, 0.15) is 40.5 Å². The van der Waals surface area contributed by atoms with E-state index in [-0.39, 0.29) is 5.41 Å². The van der Waals surface area contributed by atoms with Gasteiger partial charge in [0.15, 0.2) is 0 Å². The lowest BCUT2D eigenvalue weighted by Crippen LogP contribution is -2.33. The van der Waals surface area contributed by atoms with Crippen LogP contribution in [0.2, 0.25) is 0 Å². The van der Waals surface area contributed by atoms with E-state index in [9.17, 15) is 0 Å². The number of nitrogens with zero attached hydrogens (tertiary/aromatic N) is 1. The van der Waals surface area contributed by atoms with Gasteiger partial charge < -0.3 is 0 Å². The molecular weight excluding hydrogens is 158 g/mol. The molecule has 13 heavy (non-hydrogen) atoms. The SMILES string of the molecule is CCC(C)C1(CC)C=NCC=C1C. The second kappa shape index (κ2) is 4.08. The van der Waals surface area contributed by atoms with E-state index in [0.29, 0.717) is 5.92 Å². The van der Waals surface area contributed by atoms with Gasteiger partial charge in [0.25, 0.3) is 0 Å². The van der Waals surface area contributed by atoms with Crippen molar-refractivity contribution in [1.29, 1.82) is 0 Å². The summed E-state index contributed by atoms with van der Waals surface area (Å²) in [4.78, 5) is 4.42. The fourth-order valence-corrected chi connectivity index (χ4v) is 2.30. The van der Waals surface area contributed by atoms with Crippen molar-refractivity contribution < 1.29 is 0 Å². The molecule has 0 fully saturated rings. The normalized spacial score (nSPS) is 30.0. The van der Waals surface area contributed by atoms with Gasteiger partial charge in [-0.3, -0.25) is 4.99 Å². The predicted molar refractivity (Wildman–Crippen MR) is 59.3 cm³/mol. The molecule has 2 atom stereocenters. The highest BCUT2D eigenvalue weighted by Crippen LogP contribution is 2.40. The summed E-state index contributed by atoms with van der Waals surface area (Å²) in [6.45, 7) is 9.99. The maximum absolute atomic E-state index is 4.42. The quantitative estimate of drug-likeness (QED) is 0.588. The summed E-state index contributed by atoms with van der Waals surface area (Å²) in [6.07, 6.45) is 6.87. The molecule has 0 amide bonds. The molecule has 1 heterocycles. The van der Waals surface area contributed by atoms with E-state index in [2.05, 4.69) is 45.0 Å². The van der Waals surface area contributed by atoms with Crippen molar-refractivity contribution >= 4 is 6.21 Å². The molecular formula is C12H21N. The zero-order valence-electron chi connectivity index (χ0n) is 9.30. The Morgan fingerprint density at radius 3 is 2.69 bits per heavy atom. The molecule has 1 nitrogen and oxygen atoms in total. The number of dihydropyridines is 1. The zero-order chi connectivity index (χ0) is 9.90. The number of hydrogen-bond acceptors (Lipinski definition) is 1. The van der Waals surface area contributed by atoms with Crippen molar-refractivity contribution in [2.75, 3.05) is 6.54 Å². The van der Waals surface area contributed by atoms with Crippen molar-refractivity contribution in [3.8, 4) is 0 Å². The molecule has 1 aliphatic rings. The molecule has 0 aromatic carbocycles. The smallest absolute Gasteiger partial charge is 0.0569 e. The Morgan fingerprint density at radius 2 is 2.23 bits per heavy atom. The van der Waals surface area contributed by atoms with Gasteiger partial charge in [-0.1, -0.05) is 38.8 Å². The van der Waals surface area contributed by atoms with E-state index in [4.69, 9.17) is 0 Å². The van der Waals surface area contributed by atoms with Gasteiger partial charge in [-0.2, -0.15) is 0 Å². The molecule has 0 radical (unpaired) electrons. The molecule has 1 rings (SSSR count). The van der Waals surface area contributed by atoms with E-state index >= 15 is 0 Å². The van der Waals surface area contributed by atoms with Crippen LogP contribution in [-0.2, 0) is 0 Å². The van der Waals surface area contributed by atoms with Crippen LogP contribution in [0.25, 0.3) is 0 Å². The Labute approximate surface area is 82.0 Å². The zero-order valence-corrected chi connectivity index (χ0v) is 9.30. The van der Waals surface area contributed by atoms with E-state index in [1.165, 1.54) is 18.4 Å². The van der Waals surface area contributed by atoms with Crippen molar-refractivity contribution in [3.63, 3.8) is 0 Å². The van der Waals surface area contributed by atoms with Crippen LogP contribution >= 0.6 is 0 Å². The Hall–Kier alpha value is -0.590. The lowest BCUT2D eigenvalue weighted by Gasteiger charge is -2.37. The Bertz CT molecular complexity index is 227. The molecule has 0 spiro atoms. The Kier molecular flexibility index (Phi) is 3.29. The monoisotopic (exact) mass is 179 g/mol. The third-order valence-corrected chi connectivity index (χ3v) is 3.64. The highest BCUT2D eigenvalue weighted by atomic mass is 14.7. The van der Waals surface area contributed by atoms with Crippen LogP contribution in [0.15, 0.2) is 16.6 Å². The fraction of sp³-hybridized carbons (Fsp3) is 0.750. The number of rotatable bonds is 3. The lowest BCUT2D eigenvalue weighted by molar-refractivity contribution is 0.313. The first-order valence-corrected chi connectivity index (χ1v) is 5.35. The van der Waals surface area contributed by atoms with Crippen molar-refractivity contribution in [2.45, 2.75) is 40.5 Å². The first-order valence-electron chi connectivity index (χ1n) is 5.35. The van der Waals surface area contributed by atoms with Gasteiger partial charge >= 0.3 is 0 Å². The molecule has 0 bridgehead atoms. The molecule has 0 N–H and O–H groups in total. The Morgan fingerprint density at radius 1 is 1.54 bits per heavy atom. The second-order valence-corrected chi connectivity index (χ2v) is 4.08.